The van der Waals surface area contributed by atoms with Gasteiger partial charge in [0.2, 0.25) is 0 Å². The van der Waals surface area contributed by atoms with Crippen molar-refractivity contribution in [1.82, 2.24) is 20.1 Å². The Hall–Kier alpha value is -2.86. The quantitative estimate of drug-likeness (QED) is 0.381. The van der Waals surface area contributed by atoms with Gasteiger partial charge < -0.3 is 5.32 Å². The van der Waals surface area contributed by atoms with Gasteiger partial charge in [0.15, 0.2) is 5.69 Å². The van der Waals surface area contributed by atoms with Crippen molar-refractivity contribution in [3.8, 4) is 16.9 Å². The van der Waals surface area contributed by atoms with Gasteiger partial charge in [-0.2, -0.15) is 5.10 Å². The van der Waals surface area contributed by atoms with Crippen LogP contribution in [0.15, 0.2) is 67.0 Å². The van der Waals surface area contributed by atoms with E-state index in [-0.39, 0.29) is 5.91 Å². The molecule has 5 nitrogen and oxygen atoms in total. The summed E-state index contributed by atoms with van der Waals surface area (Å²) in [5.74, 6) is -0.291. The van der Waals surface area contributed by atoms with E-state index >= 15 is 0 Å². The molecule has 0 bridgehead atoms. The first-order chi connectivity index (χ1) is 14.9. The van der Waals surface area contributed by atoms with Gasteiger partial charge in [-0.1, -0.05) is 53.0 Å². The lowest BCUT2D eigenvalue weighted by Gasteiger charge is -2.11. The molecular weight excluding hydrogens is 455 g/mol. The predicted molar refractivity (Wildman–Crippen MR) is 124 cm³/mol. The molecule has 2 aromatic heterocycles. The summed E-state index contributed by atoms with van der Waals surface area (Å²) in [4.78, 5) is 17.0. The SMILES string of the molecule is Cc1c(C(=O)NCc2cccnc2)nn(-c2ccc(Cl)cc2Cl)c1-c1ccc(Cl)cc1. The average Bonchev–Trinajstić information content (AvgIpc) is 3.10. The lowest BCUT2D eigenvalue weighted by Crippen LogP contribution is -2.24. The fourth-order valence-electron chi connectivity index (χ4n) is 3.25. The summed E-state index contributed by atoms with van der Waals surface area (Å²) in [5, 5.41) is 9.07. The number of nitrogens with zero attached hydrogens (tertiary/aromatic N) is 3. The van der Waals surface area contributed by atoms with E-state index in [0.717, 1.165) is 22.4 Å². The maximum atomic E-state index is 13.0. The van der Waals surface area contributed by atoms with Crippen molar-refractivity contribution in [2.24, 2.45) is 0 Å². The van der Waals surface area contributed by atoms with Crippen LogP contribution >= 0.6 is 34.8 Å². The summed E-state index contributed by atoms with van der Waals surface area (Å²) in [5.41, 5.74) is 4.13. The van der Waals surface area contributed by atoms with Crippen molar-refractivity contribution in [2.45, 2.75) is 13.5 Å². The maximum absolute atomic E-state index is 13.0. The number of carbonyl (C=O) groups is 1. The molecule has 0 fully saturated rings. The molecule has 156 valence electrons. The van der Waals surface area contributed by atoms with Crippen LogP contribution in [-0.2, 0) is 6.54 Å². The number of benzene rings is 2. The van der Waals surface area contributed by atoms with E-state index < -0.39 is 0 Å². The number of pyridine rings is 1. The molecule has 4 aromatic rings. The normalized spacial score (nSPS) is 10.8. The lowest BCUT2D eigenvalue weighted by atomic mass is 10.1. The molecular formula is C23H17Cl3N4O. The van der Waals surface area contributed by atoms with Crippen LogP contribution in [-0.4, -0.2) is 20.7 Å². The fourth-order valence-corrected chi connectivity index (χ4v) is 3.87. The van der Waals surface area contributed by atoms with Crippen LogP contribution in [0.5, 0.6) is 0 Å². The van der Waals surface area contributed by atoms with Gasteiger partial charge in [0, 0.05) is 40.1 Å². The average molecular weight is 472 g/mol. The number of rotatable bonds is 5. The Morgan fingerprint density at radius 2 is 1.77 bits per heavy atom. The number of hydrogen-bond donors (Lipinski definition) is 1. The molecule has 0 radical (unpaired) electrons. The Balaban J connectivity index is 1.78. The van der Waals surface area contributed by atoms with Crippen molar-refractivity contribution in [2.75, 3.05) is 0 Å². The minimum absolute atomic E-state index is 0.291. The molecule has 0 aliphatic carbocycles. The summed E-state index contributed by atoms with van der Waals surface area (Å²) in [7, 11) is 0. The molecule has 2 heterocycles. The molecule has 0 aliphatic heterocycles. The second-order valence-corrected chi connectivity index (χ2v) is 8.16. The van der Waals surface area contributed by atoms with Crippen LogP contribution in [0.25, 0.3) is 16.9 Å². The third kappa shape index (κ3) is 4.59. The number of carbonyl (C=O) groups excluding carboxylic acids is 1. The molecule has 1 amide bonds. The van der Waals surface area contributed by atoms with Gasteiger partial charge in [-0.25, -0.2) is 4.68 Å². The number of aromatic nitrogens is 3. The van der Waals surface area contributed by atoms with E-state index in [4.69, 9.17) is 34.8 Å². The van der Waals surface area contributed by atoms with Gasteiger partial charge in [-0.05, 0) is 48.9 Å². The topological polar surface area (TPSA) is 59.8 Å². The zero-order valence-electron chi connectivity index (χ0n) is 16.4. The molecule has 0 spiro atoms. The lowest BCUT2D eigenvalue weighted by molar-refractivity contribution is 0.0945. The molecule has 1 N–H and O–H groups in total. The monoisotopic (exact) mass is 470 g/mol. The van der Waals surface area contributed by atoms with E-state index in [0.29, 0.717) is 33.0 Å². The van der Waals surface area contributed by atoms with Crippen LogP contribution in [0.2, 0.25) is 15.1 Å². The van der Waals surface area contributed by atoms with E-state index in [2.05, 4.69) is 15.4 Å². The van der Waals surface area contributed by atoms with Gasteiger partial charge in [0.25, 0.3) is 5.91 Å². The minimum atomic E-state index is -0.291. The largest absolute Gasteiger partial charge is 0.346 e. The van der Waals surface area contributed by atoms with E-state index in [1.807, 2.05) is 31.2 Å². The molecule has 2 aromatic carbocycles. The van der Waals surface area contributed by atoms with Gasteiger partial charge >= 0.3 is 0 Å². The van der Waals surface area contributed by atoms with Crippen LogP contribution in [0.1, 0.15) is 21.6 Å². The molecule has 4 rings (SSSR count). The highest BCUT2D eigenvalue weighted by Crippen LogP contribution is 2.33. The predicted octanol–water partition coefficient (Wildman–Crippen LogP) is 6.13. The summed E-state index contributed by atoms with van der Waals surface area (Å²) in [6, 6.07) is 16.2. The number of amides is 1. The molecule has 0 saturated carbocycles. The van der Waals surface area contributed by atoms with Gasteiger partial charge in [-0.15, -0.1) is 0 Å². The van der Waals surface area contributed by atoms with Crippen molar-refractivity contribution in [3.05, 3.63) is 98.9 Å². The van der Waals surface area contributed by atoms with Crippen molar-refractivity contribution in [3.63, 3.8) is 0 Å². The number of halogens is 3. The Morgan fingerprint density at radius 1 is 1.03 bits per heavy atom. The number of nitrogens with one attached hydrogen (secondary N) is 1. The zero-order chi connectivity index (χ0) is 22.0. The molecule has 0 atom stereocenters. The van der Waals surface area contributed by atoms with Crippen molar-refractivity contribution < 1.29 is 4.79 Å². The third-order valence-corrected chi connectivity index (χ3v) is 5.56. The molecule has 0 saturated heterocycles. The maximum Gasteiger partial charge on any atom is 0.272 e. The second kappa shape index (κ2) is 9.10. The standard InChI is InChI=1S/C23H17Cl3N4O/c1-14-21(23(31)28-13-15-3-2-10-27-12-15)29-30(20-9-8-18(25)11-19(20)26)22(14)16-4-6-17(24)7-5-16/h2-12H,13H2,1H3,(H,28,31). The minimum Gasteiger partial charge on any atom is -0.346 e. The first-order valence-electron chi connectivity index (χ1n) is 9.42. The van der Waals surface area contributed by atoms with Crippen LogP contribution in [0.4, 0.5) is 0 Å². The van der Waals surface area contributed by atoms with E-state index in [1.165, 1.54) is 0 Å². The fraction of sp³-hybridized carbons (Fsp3) is 0.0870. The summed E-state index contributed by atoms with van der Waals surface area (Å²) < 4.78 is 1.66. The van der Waals surface area contributed by atoms with Crippen LogP contribution < -0.4 is 5.32 Å². The number of hydrogen-bond acceptors (Lipinski definition) is 3. The second-order valence-electron chi connectivity index (χ2n) is 6.88. The van der Waals surface area contributed by atoms with Crippen LogP contribution in [0.3, 0.4) is 0 Å². The van der Waals surface area contributed by atoms with Crippen LogP contribution in [0, 0.1) is 6.92 Å². The molecule has 0 aliphatic rings. The Morgan fingerprint density at radius 3 is 2.45 bits per heavy atom. The molecule has 8 heteroatoms. The first-order valence-corrected chi connectivity index (χ1v) is 10.6. The highest BCUT2D eigenvalue weighted by molar-refractivity contribution is 6.35. The van der Waals surface area contributed by atoms with E-state index in [1.54, 1.807) is 47.4 Å². The van der Waals surface area contributed by atoms with Crippen molar-refractivity contribution >= 4 is 40.7 Å². The van der Waals surface area contributed by atoms with Gasteiger partial charge in [0.1, 0.15) is 0 Å². The molecule has 0 unspecified atom stereocenters. The van der Waals surface area contributed by atoms with Gasteiger partial charge in [-0.3, -0.25) is 9.78 Å². The van der Waals surface area contributed by atoms with Crippen molar-refractivity contribution in [1.29, 1.82) is 0 Å². The highest BCUT2D eigenvalue weighted by Gasteiger charge is 2.23. The summed E-state index contributed by atoms with van der Waals surface area (Å²) >= 11 is 18.6. The first kappa shape index (κ1) is 21.4. The summed E-state index contributed by atoms with van der Waals surface area (Å²) in [6.45, 7) is 2.20. The Kier molecular flexibility index (Phi) is 6.28. The van der Waals surface area contributed by atoms with E-state index in [9.17, 15) is 4.79 Å². The highest BCUT2D eigenvalue weighted by atomic mass is 35.5. The Bertz CT molecular complexity index is 1240. The smallest absolute Gasteiger partial charge is 0.272 e. The Labute approximate surface area is 194 Å². The third-order valence-electron chi connectivity index (χ3n) is 4.77. The summed E-state index contributed by atoms with van der Waals surface area (Å²) in [6.07, 6.45) is 3.39. The van der Waals surface area contributed by atoms with Gasteiger partial charge in [0.05, 0.1) is 16.4 Å². The zero-order valence-corrected chi connectivity index (χ0v) is 18.7. The molecule has 31 heavy (non-hydrogen) atoms.